The van der Waals surface area contributed by atoms with Crippen LogP contribution in [0.15, 0.2) is 133 Å². The molecular weight excluding hydrogens is 566 g/mol. The molecule has 5 aromatic rings. The number of benzene rings is 5. The van der Waals surface area contributed by atoms with Crippen molar-refractivity contribution in [1.82, 2.24) is 0 Å². The normalized spacial score (nSPS) is 12.0. The Morgan fingerprint density at radius 2 is 0.929 bits per heavy atom. The van der Waals surface area contributed by atoms with Gasteiger partial charge in [0.25, 0.3) is 0 Å². The largest absolute Gasteiger partial charge is 0.313 e. The van der Waals surface area contributed by atoms with Crippen LogP contribution in [0.25, 0.3) is 0 Å². The van der Waals surface area contributed by atoms with Crippen molar-refractivity contribution < 1.29 is 9.13 Å². The third-order valence-corrected chi connectivity index (χ3v) is 15.9. The van der Waals surface area contributed by atoms with Gasteiger partial charge in [0.15, 0.2) is 0 Å². The summed E-state index contributed by atoms with van der Waals surface area (Å²) in [5.74, 6) is 2.97. The molecule has 0 aromatic heterocycles. The highest BCUT2D eigenvalue weighted by molar-refractivity contribution is 7.78. The molecule has 210 valence electrons. The van der Waals surface area contributed by atoms with E-state index in [2.05, 4.69) is 31.6 Å². The van der Waals surface area contributed by atoms with E-state index in [1.54, 1.807) is 0 Å². The molecule has 2 nitrogen and oxygen atoms in total. The Kier molecular flexibility index (Phi) is 8.72. The van der Waals surface area contributed by atoms with E-state index in [4.69, 9.17) is 6.42 Å². The van der Waals surface area contributed by atoms with Gasteiger partial charge in [-0.3, -0.25) is 0 Å². The van der Waals surface area contributed by atoms with E-state index in [1.807, 2.05) is 127 Å². The Morgan fingerprint density at radius 3 is 1.26 bits per heavy atom. The number of hydrogen-bond donors (Lipinski definition) is 0. The zero-order valence-electron chi connectivity index (χ0n) is 24.4. The van der Waals surface area contributed by atoms with Crippen molar-refractivity contribution in [2.45, 2.75) is 32.0 Å². The molecule has 0 atom stereocenters. The van der Waals surface area contributed by atoms with Crippen LogP contribution in [0.1, 0.15) is 16.7 Å². The Balaban J connectivity index is 1.72. The Labute approximate surface area is 251 Å². The first-order valence-electron chi connectivity index (χ1n) is 14.2. The van der Waals surface area contributed by atoms with Crippen LogP contribution < -0.4 is 26.4 Å². The SMILES string of the molecule is C#Cc1cc(CP(=O)(c2ccccc2)c2ccccc2)cc(CP(=O)(c2ccccc2)c2ccccc2)c1[Si](C)(C)C. The summed E-state index contributed by atoms with van der Waals surface area (Å²) in [7, 11) is -8.11. The van der Waals surface area contributed by atoms with E-state index >= 15 is 9.13 Å². The maximum absolute atomic E-state index is 15.2. The van der Waals surface area contributed by atoms with Gasteiger partial charge in [0, 0.05) is 39.1 Å². The molecule has 5 aromatic carbocycles. The molecule has 5 heteroatoms. The molecule has 5 rings (SSSR count). The predicted molar refractivity (Wildman–Crippen MR) is 184 cm³/mol. The van der Waals surface area contributed by atoms with Crippen LogP contribution in [0.2, 0.25) is 19.6 Å². The zero-order chi connectivity index (χ0) is 29.8. The van der Waals surface area contributed by atoms with E-state index in [1.165, 1.54) is 0 Å². The highest BCUT2D eigenvalue weighted by Crippen LogP contribution is 2.49. The van der Waals surface area contributed by atoms with Crippen LogP contribution in [0.4, 0.5) is 0 Å². The molecule has 0 N–H and O–H groups in total. The second kappa shape index (κ2) is 12.3. The van der Waals surface area contributed by atoms with Gasteiger partial charge in [-0.15, -0.1) is 6.42 Å². The minimum absolute atomic E-state index is 0.329. The van der Waals surface area contributed by atoms with Crippen LogP contribution >= 0.6 is 14.3 Å². The molecule has 42 heavy (non-hydrogen) atoms. The highest BCUT2D eigenvalue weighted by atomic mass is 31.2. The van der Waals surface area contributed by atoms with Gasteiger partial charge in [-0.25, -0.2) is 0 Å². The lowest BCUT2D eigenvalue weighted by Gasteiger charge is -2.28. The summed E-state index contributed by atoms with van der Waals surface area (Å²) in [5.41, 5.74) is 2.73. The first kappa shape index (κ1) is 29.8. The molecule has 0 spiro atoms. The second-order valence-electron chi connectivity index (χ2n) is 11.7. The fourth-order valence-electron chi connectivity index (χ4n) is 5.82. The van der Waals surface area contributed by atoms with Gasteiger partial charge in [0.05, 0.1) is 8.07 Å². The fraction of sp³-hybridized carbons (Fsp3) is 0.135. The van der Waals surface area contributed by atoms with Gasteiger partial charge in [0.2, 0.25) is 0 Å². The summed E-state index contributed by atoms with van der Waals surface area (Å²) >= 11 is 0. The molecule has 0 heterocycles. The topological polar surface area (TPSA) is 34.1 Å². The Hall–Kier alpha value is -3.66. The van der Waals surface area contributed by atoms with E-state index < -0.39 is 22.4 Å². The summed E-state index contributed by atoms with van der Waals surface area (Å²) in [4.78, 5) is 0. The van der Waals surface area contributed by atoms with Gasteiger partial charge in [-0.1, -0.05) is 153 Å². The summed E-state index contributed by atoms with van der Waals surface area (Å²) < 4.78 is 30.2. The maximum atomic E-state index is 15.2. The second-order valence-corrected chi connectivity index (χ2v) is 22.4. The van der Waals surface area contributed by atoms with Gasteiger partial charge < -0.3 is 9.13 Å². The first-order valence-corrected chi connectivity index (χ1v) is 21.5. The molecular formula is C37H36O2P2Si. The van der Waals surface area contributed by atoms with E-state index in [0.29, 0.717) is 12.3 Å². The fourth-order valence-corrected chi connectivity index (χ4v) is 13.4. The summed E-state index contributed by atoms with van der Waals surface area (Å²) in [6.45, 7) is 6.84. The minimum Gasteiger partial charge on any atom is -0.313 e. The van der Waals surface area contributed by atoms with Crippen molar-refractivity contribution in [3.8, 4) is 12.3 Å². The van der Waals surface area contributed by atoms with Crippen LogP contribution in [-0.4, -0.2) is 8.07 Å². The smallest absolute Gasteiger partial charge is 0.147 e. The zero-order valence-corrected chi connectivity index (χ0v) is 27.2. The molecule has 0 bridgehead atoms. The van der Waals surface area contributed by atoms with Crippen LogP contribution in [-0.2, 0) is 21.5 Å². The lowest BCUT2D eigenvalue weighted by Crippen LogP contribution is -2.43. The molecule has 0 fully saturated rings. The van der Waals surface area contributed by atoms with Crippen molar-refractivity contribution in [3.63, 3.8) is 0 Å². The van der Waals surface area contributed by atoms with Crippen molar-refractivity contribution >= 4 is 48.8 Å². The van der Waals surface area contributed by atoms with Gasteiger partial charge >= 0.3 is 0 Å². The van der Waals surface area contributed by atoms with E-state index in [0.717, 1.165) is 43.1 Å². The number of terminal acetylenes is 1. The minimum atomic E-state index is -3.08. The molecule has 0 aliphatic carbocycles. The maximum Gasteiger partial charge on any atom is 0.147 e. The lowest BCUT2D eigenvalue weighted by atomic mass is 10.1. The molecule has 0 unspecified atom stereocenters. The van der Waals surface area contributed by atoms with Gasteiger partial charge in [-0.2, -0.15) is 0 Å². The number of rotatable bonds is 9. The summed E-state index contributed by atoms with van der Waals surface area (Å²) in [6.07, 6.45) is 6.87. The quantitative estimate of drug-likeness (QED) is 0.101. The third kappa shape index (κ3) is 6.09. The molecule has 0 aliphatic heterocycles. The Bertz CT molecular complexity index is 1720. The van der Waals surface area contributed by atoms with Crippen LogP contribution in [0.5, 0.6) is 0 Å². The average Bonchev–Trinajstić information content (AvgIpc) is 3.01. The van der Waals surface area contributed by atoms with Crippen molar-refractivity contribution in [2.75, 3.05) is 0 Å². The molecule has 0 amide bonds. The monoisotopic (exact) mass is 602 g/mol. The Morgan fingerprint density at radius 1 is 0.571 bits per heavy atom. The van der Waals surface area contributed by atoms with Crippen molar-refractivity contribution in [3.05, 3.63) is 150 Å². The summed E-state index contributed by atoms with van der Waals surface area (Å²) in [6, 6.07) is 43.2. The highest BCUT2D eigenvalue weighted by Gasteiger charge is 2.34. The standard InChI is InChI=1S/C37H36O2P2Si/c1-5-31-26-30(28-40(38,33-18-10-6-11-19-33)34-20-12-7-13-21-34)27-32(37(31)42(2,3)4)29-41(39,35-22-14-8-15-23-35)36-24-16-9-17-25-36/h1,6-27H,28-29H2,2-4H3. The predicted octanol–water partition coefficient (Wildman–Crippen LogP) is 7.24. The third-order valence-electron chi connectivity index (χ3n) is 7.68. The van der Waals surface area contributed by atoms with Gasteiger partial charge in [0.1, 0.15) is 14.3 Å². The molecule has 0 saturated heterocycles. The van der Waals surface area contributed by atoms with E-state index in [-0.39, 0.29) is 0 Å². The average molecular weight is 603 g/mol. The van der Waals surface area contributed by atoms with Crippen LogP contribution in [0, 0.1) is 12.3 Å². The summed E-state index contributed by atoms with van der Waals surface area (Å²) in [5, 5.41) is 4.42. The molecule has 0 saturated carbocycles. The molecule has 0 radical (unpaired) electrons. The lowest BCUT2D eigenvalue weighted by molar-refractivity contribution is 0.586. The van der Waals surface area contributed by atoms with Crippen LogP contribution in [0.3, 0.4) is 0 Å². The van der Waals surface area contributed by atoms with Crippen molar-refractivity contribution in [1.29, 1.82) is 0 Å². The van der Waals surface area contributed by atoms with Crippen molar-refractivity contribution in [2.24, 2.45) is 0 Å². The molecule has 0 aliphatic rings. The first-order chi connectivity index (χ1) is 20.1. The number of hydrogen-bond acceptors (Lipinski definition) is 2. The van der Waals surface area contributed by atoms with E-state index in [9.17, 15) is 0 Å². The van der Waals surface area contributed by atoms with Gasteiger partial charge in [-0.05, 0) is 22.4 Å².